The summed E-state index contributed by atoms with van der Waals surface area (Å²) in [5, 5.41) is 11.5. The van der Waals surface area contributed by atoms with E-state index in [0.29, 0.717) is 28.5 Å². The summed E-state index contributed by atoms with van der Waals surface area (Å²) in [6.07, 6.45) is -0.542. The average Bonchev–Trinajstić information content (AvgIpc) is 3.04. The van der Waals surface area contributed by atoms with Crippen LogP contribution in [-0.4, -0.2) is 28.7 Å². The lowest BCUT2D eigenvalue weighted by Gasteiger charge is -2.20. The quantitative estimate of drug-likeness (QED) is 0.737. The Hall–Kier alpha value is -1.97. The largest absolute Gasteiger partial charge is 0.467 e. The fourth-order valence-corrected chi connectivity index (χ4v) is 3.34. The van der Waals surface area contributed by atoms with Crippen LogP contribution in [0.3, 0.4) is 0 Å². The van der Waals surface area contributed by atoms with E-state index in [2.05, 4.69) is 15.5 Å². The number of rotatable bonds is 5. The van der Waals surface area contributed by atoms with Gasteiger partial charge in [0.25, 0.3) is 5.22 Å². The van der Waals surface area contributed by atoms with Crippen molar-refractivity contribution in [2.75, 3.05) is 6.79 Å². The van der Waals surface area contributed by atoms with Gasteiger partial charge in [-0.2, -0.15) is 0 Å². The molecule has 0 unspecified atom stereocenters. The monoisotopic (exact) mass is 413 g/mol. The summed E-state index contributed by atoms with van der Waals surface area (Å²) in [5.74, 6) is 1.62. The number of amides is 1. The summed E-state index contributed by atoms with van der Waals surface area (Å²) >= 11 is 7.52. The Morgan fingerprint density at radius 3 is 2.96 bits per heavy atom. The molecule has 3 rings (SSSR count). The summed E-state index contributed by atoms with van der Waals surface area (Å²) in [7, 11) is 0. The normalized spacial score (nSPS) is 13.6. The van der Waals surface area contributed by atoms with Crippen molar-refractivity contribution in [3.05, 3.63) is 34.2 Å². The average molecular weight is 414 g/mol. The second-order valence-corrected chi connectivity index (χ2v) is 8.13. The van der Waals surface area contributed by atoms with Gasteiger partial charge in [0.05, 0.1) is 13.2 Å². The topological polar surface area (TPSA) is 95.7 Å². The zero-order valence-corrected chi connectivity index (χ0v) is 16.8. The van der Waals surface area contributed by atoms with Crippen molar-refractivity contribution < 1.29 is 23.4 Å². The first-order valence-corrected chi connectivity index (χ1v) is 9.60. The first-order chi connectivity index (χ1) is 12.8. The molecule has 1 aliphatic rings. The molecule has 0 atom stereocenters. The molecule has 0 bridgehead atoms. The third-order valence-electron chi connectivity index (χ3n) is 3.33. The van der Waals surface area contributed by atoms with E-state index in [-0.39, 0.29) is 13.3 Å². The maximum Gasteiger partial charge on any atom is 0.408 e. The van der Waals surface area contributed by atoms with Crippen LogP contribution in [0.25, 0.3) is 0 Å². The zero-order valence-electron chi connectivity index (χ0n) is 15.2. The molecule has 0 fully saturated rings. The molecule has 146 valence electrons. The van der Waals surface area contributed by atoms with E-state index in [1.807, 2.05) is 12.1 Å². The molecule has 1 aromatic heterocycles. The fourth-order valence-electron chi connectivity index (χ4n) is 2.33. The molecule has 1 amide bonds. The summed E-state index contributed by atoms with van der Waals surface area (Å²) in [5.41, 5.74) is 1.28. The summed E-state index contributed by atoms with van der Waals surface area (Å²) in [4.78, 5) is 11.7. The van der Waals surface area contributed by atoms with Gasteiger partial charge in [-0.3, -0.25) is 0 Å². The van der Waals surface area contributed by atoms with Crippen molar-refractivity contribution in [3.63, 3.8) is 0 Å². The molecule has 0 spiro atoms. The molecule has 2 aromatic rings. The third kappa shape index (κ3) is 5.75. The number of thioether (sulfide) groups is 1. The van der Waals surface area contributed by atoms with Gasteiger partial charge >= 0.3 is 6.09 Å². The summed E-state index contributed by atoms with van der Waals surface area (Å²) in [6, 6.07) is 3.68. The number of nitrogens with zero attached hydrogens (tertiary/aromatic N) is 2. The number of benzene rings is 1. The third-order valence-corrected chi connectivity index (χ3v) is 4.42. The highest BCUT2D eigenvalue weighted by molar-refractivity contribution is 7.98. The van der Waals surface area contributed by atoms with E-state index in [4.69, 9.17) is 30.2 Å². The first-order valence-electron chi connectivity index (χ1n) is 8.24. The molecule has 10 heteroatoms. The highest BCUT2D eigenvalue weighted by Crippen LogP contribution is 2.35. The lowest BCUT2D eigenvalue weighted by molar-refractivity contribution is -0.0168. The molecular weight excluding hydrogens is 394 g/mol. The van der Waals surface area contributed by atoms with Crippen molar-refractivity contribution in [3.8, 4) is 5.75 Å². The molecule has 0 radical (unpaired) electrons. The molecule has 0 aliphatic carbocycles. The standard InChI is InChI=1S/C17H20ClN3O5S/c1-17(2,3)26-15(22)19-6-13-20-21-16(25-13)27-8-11-5-12(18)4-10-7-23-9-24-14(10)11/h4-5H,6-9H2,1-3H3,(H,19,22). The van der Waals surface area contributed by atoms with Gasteiger partial charge in [-0.25, -0.2) is 4.79 Å². The van der Waals surface area contributed by atoms with Gasteiger partial charge < -0.3 is 23.9 Å². The zero-order chi connectivity index (χ0) is 19.4. The van der Waals surface area contributed by atoms with E-state index >= 15 is 0 Å². The smallest absolute Gasteiger partial charge is 0.408 e. The van der Waals surface area contributed by atoms with E-state index in [1.165, 1.54) is 11.8 Å². The predicted molar refractivity (Wildman–Crippen MR) is 98.7 cm³/mol. The van der Waals surface area contributed by atoms with Crippen molar-refractivity contribution in [2.24, 2.45) is 0 Å². The number of ether oxygens (including phenoxy) is 3. The minimum Gasteiger partial charge on any atom is -0.467 e. The lowest BCUT2D eigenvalue weighted by atomic mass is 10.1. The number of hydrogen-bond donors (Lipinski definition) is 1. The van der Waals surface area contributed by atoms with Gasteiger partial charge in [0.15, 0.2) is 6.79 Å². The molecule has 0 saturated carbocycles. The molecule has 27 heavy (non-hydrogen) atoms. The molecular formula is C17H20ClN3O5S. The van der Waals surface area contributed by atoms with Crippen LogP contribution in [-0.2, 0) is 28.4 Å². The number of carbonyl (C=O) groups excluding carboxylic acids is 1. The second kappa shape index (κ2) is 8.37. The van der Waals surface area contributed by atoms with Crippen LogP contribution in [0.15, 0.2) is 21.8 Å². The summed E-state index contributed by atoms with van der Waals surface area (Å²) < 4.78 is 21.5. The fraction of sp³-hybridized carbons (Fsp3) is 0.471. The SMILES string of the molecule is CC(C)(C)OC(=O)NCc1nnc(SCc2cc(Cl)cc3c2OCOC3)o1. The highest BCUT2D eigenvalue weighted by atomic mass is 35.5. The van der Waals surface area contributed by atoms with Gasteiger partial charge in [0.1, 0.15) is 11.4 Å². The Balaban J connectivity index is 1.56. The maximum atomic E-state index is 11.7. The summed E-state index contributed by atoms with van der Waals surface area (Å²) in [6.45, 7) is 6.15. The Morgan fingerprint density at radius 1 is 1.37 bits per heavy atom. The molecule has 8 nitrogen and oxygen atoms in total. The number of fused-ring (bicyclic) bond motifs is 1. The van der Waals surface area contributed by atoms with Crippen LogP contribution in [0.5, 0.6) is 5.75 Å². The van der Waals surface area contributed by atoms with Crippen LogP contribution in [0.4, 0.5) is 4.79 Å². The highest BCUT2D eigenvalue weighted by Gasteiger charge is 2.19. The molecule has 0 saturated heterocycles. The number of halogens is 1. The first kappa shape index (κ1) is 19.8. The Kier molecular flexibility index (Phi) is 6.13. The molecule has 1 aromatic carbocycles. The van der Waals surface area contributed by atoms with Crippen LogP contribution in [0, 0.1) is 0 Å². The number of alkyl carbamates (subject to hydrolysis) is 1. The van der Waals surface area contributed by atoms with Gasteiger partial charge in [0.2, 0.25) is 5.89 Å². The van der Waals surface area contributed by atoms with Crippen molar-refractivity contribution >= 4 is 29.5 Å². The van der Waals surface area contributed by atoms with Gasteiger partial charge in [0, 0.05) is 21.9 Å². The van der Waals surface area contributed by atoms with E-state index in [1.54, 1.807) is 20.8 Å². The van der Waals surface area contributed by atoms with E-state index < -0.39 is 11.7 Å². The predicted octanol–water partition coefficient (Wildman–Crippen LogP) is 3.91. The molecule has 1 aliphatic heterocycles. The van der Waals surface area contributed by atoms with E-state index in [0.717, 1.165) is 16.9 Å². The van der Waals surface area contributed by atoms with Crippen molar-refractivity contribution in [1.29, 1.82) is 0 Å². The number of carbonyl (C=O) groups is 1. The van der Waals surface area contributed by atoms with Crippen LogP contribution < -0.4 is 10.1 Å². The maximum absolute atomic E-state index is 11.7. The lowest BCUT2D eigenvalue weighted by Crippen LogP contribution is -2.32. The van der Waals surface area contributed by atoms with Crippen molar-refractivity contribution in [2.45, 2.75) is 50.5 Å². The Labute approximate surface area is 165 Å². The minimum absolute atomic E-state index is 0.0927. The van der Waals surface area contributed by atoms with Gasteiger partial charge in [-0.15, -0.1) is 10.2 Å². The number of nitrogens with one attached hydrogen (secondary N) is 1. The van der Waals surface area contributed by atoms with Crippen LogP contribution >= 0.6 is 23.4 Å². The number of hydrogen-bond acceptors (Lipinski definition) is 8. The van der Waals surface area contributed by atoms with Crippen LogP contribution in [0.1, 0.15) is 37.8 Å². The Morgan fingerprint density at radius 2 is 2.19 bits per heavy atom. The van der Waals surface area contributed by atoms with Crippen LogP contribution in [0.2, 0.25) is 5.02 Å². The van der Waals surface area contributed by atoms with Gasteiger partial charge in [-0.05, 0) is 32.9 Å². The Bertz CT molecular complexity index is 821. The number of aromatic nitrogens is 2. The van der Waals surface area contributed by atoms with Gasteiger partial charge in [-0.1, -0.05) is 23.4 Å². The van der Waals surface area contributed by atoms with Crippen molar-refractivity contribution in [1.82, 2.24) is 15.5 Å². The second-order valence-electron chi connectivity index (χ2n) is 6.77. The minimum atomic E-state index is -0.566. The van der Waals surface area contributed by atoms with E-state index in [9.17, 15) is 4.79 Å². The molecule has 1 N–H and O–H groups in total. The molecule has 2 heterocycles.